The molecule has 0 atom stereocenters. The number of ether oxygens (including phenoxy) is 1. The molecular formula is C19H21N3O4S. The number of carbonyl (C=O) groups is 1. The lowest BCUT2D eigenvalue weighted by atomic mass is 10.1. The van der Waals surface area contributed by atoms with E-state index in [-0.39, 0.29) is 34.7 Å². The summed E-state index contributed by atoms with van der Waals surface area (Å²) in [6, 6.07) is 9.68. The monoisotopic (exact) mass is 387 g/mol. The Morgan fingerprint density at radius 3 is 2.74 bits per heavy atom. The normalized spacial score (nSPS) is 14.6. The van der Waals surface area contributed by atoms with Crippen LogP contribution in [-0.2, 0) is 16.0 Å². The summed E-state index contributed by atoms with van der Waals surface area (Å²) in [5, 5.41) is 10.3. The molecule has 1 aromatic heterocycles. The minimum atomic E-state index is -0.401. The number of morpholine rings is 1. The third-order valence-electron chi connectivity index (χ3n) is 4.10. The van der Waals surface area contributed by atoms with Crippen molar-refractivity contribution in [3.8, 4) is 5.88 Å². The first-order valence-electron chi connectivity index (χ1n) is 8.65. The highest BCUT2D eigenvalue weighted by Gasteiger charge is 2.18. The van der Waals surface area contributed by atoms with Crippen LogP contribution in [0.5, 0.6) is 5.88 Å². The number of thioether (sulfide) groups is 1. The number of nitrogens with one attached hydrogen (secondary N) is 1. The highest BCUT2D eigenvalue weighted by molar-refractivity contribution is 7.99. The van der Waals surface area contributed by atoms with Crippen molar-refractivity contribution in [1.29, 1.82) is 0 Å². The molecular weight excluding hydrogens is 366 g/mol. The highest BCUT2D eigenvalue weighted by Crippen LogP contribution is 2.18. The molecule has 2 N–H and O–H groups in total. The first-order valence-corrected chi connectivity index (χ1v) is 9.64. The van der Waals surface area contributed by atoms with Crippen LogP contribution in [0.2, 0.25) is 0 Å². The van der Waals surface area contributed by atoms with Crippen LogP contribution >= 0.6 is 11.8 Å². The minimum Gasteiger partial charge on any atom is -0.493 e. The molecule has 1 aliphatic rings. The van der Waals surface area contributed by atoms with Crippen LogP contribution < -0.4 is 5.56 Å². The zero-order valence-corrected chi connectivity index (χ0v) is 15.6. The van der Waals surface area contributed by atoms with E-state index < -0.39 is 5.56 Å². The molecule has 0 aliphatic carbocycles. The zero-order chi connectivity index (χ0) is 19.1. The molecule has 0 spiro atoms. The van der Waals surface area contributed by atoms with E-state index in [2.05, 4.69) is 9.97 Å². The molecule has 3 rings (SSSR count). The van der Waals surface area contributed by atoms with E-state index in [4.69, 9.17) is 4.74 Å². The van der Waals surface area contributed by atoms with Crippen molar-refractivity contribution < 1.29 is 14.6 Å². The van der Waals surface area contributed by atoms with Crippen LogP contribution in [-0.4, -0.2) is 57.9 Å². The Bertz CT molecular complexity index is 861. The number of hydrogen-bond acceptors (Lipinski definition) is 6. The van der Waals surface area contributed by atoms with E-state index in [1.807, 2.05) is 36.4 Å². The number of nitrogens with zero attached hydrogens (tertiary/aromatic N) is 2. The fourth-order valence-electron chi connectivity index (χ4n) is 2.63. The van der Waals surface area contributed by atoms with Crippen LogP contribution in [0.3, 0.4) is 0 Å². The topological polar surface area (TPSA) is 95.5 Å². The maximum absolute atomic E-state index is 12.2. The molecule has 2 aromatic rings. The lowest BCUT2D eigenvalue weighted by molar-refractivity contribution is -0.132. The first kappa shape index (κ1) is 19.2. The van der Waals surface area contributed by atoms with Gasteiger partial charge in [-0.3, -0.25) is 9.59 Å². The average molecular weight is 387 g/mol. The van der Waals surface area contributed by atoms with Gasteiger partial charge in [0.25, 0.3) is 5.56 Å². The Morgan fingerprint density at radius 1 is 1.30 bits per heavy atom. The Balaban J connectivity index is 1.60. The van der Waals surface area contributed by atoms with Gasteiger partial charge in [0.1, 0.15) is 0 Å². The molecule has 0 unspecified atom stereocenters. The van der Waals surface area contributed by atoms with Crippen molar-refractivity contribution in [1.82, 2.24) is 14.9 Å². The Labute approximate surface area is 161 Å². The maximum atomic E-state index is 12.2. The standard InChI is InChI=1S/C19H21N3O4S/c23-16(22-9-11-26-12-10-22)13-27-19-20-17(24)15(18(25)21-19)8-4-7-14-5-2-1-3-6-14/h1-7H,8-13H2,(H2,20,21,24,25)/b7-4+. The van der Waals surface area contributed by atoms with Crippen molar-refractivity contribution in [3.63, 3.8) is 0 Å². The number of H-pyrrole nitrogens is 1. The molecule has 27 heavy (non-hydrogen) atoms. The van der Waals surface area contributed by atoms with Crippen molar-refractivity contribution in [2.75, 3.05) is 32.1 Å². The van der Waals surface area contributed by atoms with Gasteiger partial charge in [-0.15, -0.1) is 0 Å². The largest absolute Gasteiger partial charge is 0.493 e. The van der Waals surface area contributed by atoms with E-state index >= 15 is 0 Å². The predicted octanol–water partition coefficient (Wildman–Crippen LogP) is 1.68. The van der Waals surface area contributed by atoms with Gasteiger partial charge >= 0.3 is 0 Å². The molecule has 0 saturated carbocycles. The maximum Gasteiger partial charge on any atom is 0.258 e. The number of aromatic nitrogens is 2. The molecule has 142 valence electrons. The van der Waals surface area contributed by atoms with Gasteiger partial charge in [-0.05, 0) is 5.56 Å². The van der Waals surface area contributed by atoms with E-state index in [0.29, 0.717) is 26.3 Å². The van der Waals surface area contributed by atoms with Crippen LogP contribution in [0, 0.1) is 0 Å². The number of aromatic hydroxyl groups is 1. The molecule has 0 bridgehead atoms. The predicted molar refractivity (Wildman–Crippen MR) is 104 cm³/mol. The van der Waals surface area contributed by atoms with Gasteiger partial charge in [-0.1, -0.05) is 54.2 Å². The van der Waals surface area contributed by atoms with E-state index in [1.54, 1.807) is 11.0 Å². The number of aromatic amines is 1. The van der Waals surface area contributed by atoms with Crippen molar-refractivity contribution in [3.05, 3.63) is 57.9 Å². The third kappa shape index (κ3) is 5.45. The number of carbonyl (C=O) groups excluding carboxylic acids is 1. The molecule has 0 radical (unpaired) electrons. The summed E-state index contributed by atoms with van der Waals surface area (Å²) in [5.41, 5.74) is 0.808. The number of allylic oxidation sites excluding steroid dienone is 1. The Morgan fingerprint density at radius 2 is 2.04 bits per heavy atom. The fraction of sp³-hybridized carbons (Fsp3) is 0.316. The van der Waals surface area contributed by atoms with E-state index in [1.165, 1.54) is 0 Å². The van der Waals surface area contributed by atoms with E-state index in [9.17, 15) is 14.7 Å². The number of hydrogen-bond donors (Lipinski definition) is 2. The number of rotatable bonds is 6. The van der Waals surface area contributed by atoms with Crippen LogP contribution in [0.25, 0.3) is 6.08 Å². The molecule has 1 amide bonds. The Hall–Kier alpha value is -2.58. The van der Waals surface area contributed by atoms with Crippen LogP contribution in [0.1, 0.15) is 11.1 Å². The van der Waals surface area contributed by atoms with Gasteiger partial charge in [0.2, 0.25) is 11.8 Å². The van der Waals surface area contributed by atoms with E-state index in [0.717, 1.165) is 17.3 Å². The number of benzene rings is 1. The van der Waals surface area contributed by atoms with Gasteiger partial charge in [-0.25, -0.2) is 0 Å². The number of amides is 1. The van der Waals surface area contributed by atoms with Gasteiger partial charge in [0.05, 0.1) is 24.5 Å². The molecule has 7 nitrogen and oxygen atoms in total. The van der Waals surface area contributed by atoms with Crippen molar-refractivity contribution >= 4 is 23.7 Å². The molecule has 1 aliphatic heterocycles. The van der Waals surface area contributed by atoms with Gasteiger partial charge in [0.15, 0.2) is 5.16 Å². The summed E-state index contributed by atoms with van der Waals surface area (Å²) in [4.78, 5) is 32.7. The second kappa shape index (κ2) is 9.38. The quantitative estimate of drug-likeness (QED) is 0.578. The second-order valence-corrected chi connectivity index (χ2v) is 6.94. The zero-order valence-electron chi connectivity index (χ0n) is 14.8. The summed E-state index contributed by atoms with van der Waals surface area (Å²) in [7, 11) is 0. The van der Waals surface area contributed by atoms with Crippen LogP contribution in [0.15, 0.2) is 46.4 Å². The molecule has 2 heterocycles. The van der Waals surface area contributed by atoms with Crippen molar-refractivity contribution in [2.45, 2.75) is 11.6 Å². The summed E-state index contributed by atoms with van der Waals surface area (Å²) >= 11 is 1.10. The molecule has 1 saturated heterocycles. The Kier molecular flexibility index (Phi) is 6.67. The smallest absolute Gasteiger partial charge is 0.258 e. The third-order valence-corrected chi connectivity index (χ3v) is 4.96. The van der Waals surface area contributed by atoms with Gasteiger partial charge < -0.3 is 19.7 Å². The van der Waals surface area contributed by atoms with Crippen LogP contribution in [0.4, 0.5) is 0 Å². The van der Waals surface area contributed by atoms with Gasteiger partial charge in [-0.2, -0.15) is 4.98 Å². The summed E-state index contributed by atoms with van der Waals surface area (Å²) in [6.45, 7) is 2.22. The molecule has 1 aromatic carbocycles. The SMILES string of the molecule is O=C(CSc1nc(O)c(C/C=C/c2ccccc2)c(=O)[nH]1)N1CCOCC1. The summed E-state index contributed by atoms with van der Waals surface area (Å²) in [6.07, 6.45) is 3.94. The van der Waals surface area contributed by atoms with Gasteiger partial charge in [0, 0.05) is 19.5 Å². The fourth-order valence-corrected chi connectivity index (χ4v) is 3.39. The summed E-state index contributed by atoms with van der Waals surface area (Å²) in [5.74, 6) is -0.201. The lowest BCUT2D eigenvalue weighted by Gasteiger charge is -2.26. The lowest BCUT2D eigenvalue weighted by Crippen LogP contribution is -2.41. The summed E-state index contributed by atoms with van der Waals surface area (Å²) < 4.78 is 5.22. The second-order valence-electron chi connectivity index (χ2n) is 5.97. The average Bonchev–Trinajstić information content (AvgIpc) is 2.69. The van der Waals surface area contributed by atoms with Crippen molar-refractivity contribution in [2.24, 2.45) is 0 Å². The first-order chi connectivity index (χ1) is 13.1. The molecule has 1 fully saturated rings. The minimum absolute atomic E-state index is 0.0414. The molecule has 8 heteroatoms. The highest BCUT2D eigenvalue weighted by atomic mass is 32.2.